The van der Waals surface area contributed by atoms with E-state index >= 15 is 0 Å². The van der Waals surface area contributed by atoms with E-state index in [1.165, 1.54) is 7.11 Å². The maximum atomic E-state index is 13.5. The predicted octanol–water partition coefficient (Wildman–Crippen LogP) is 7.63. The number of Topliss-reactive ketones (excluding diaryl/α,β-unsaturated/α-hetero) is 2. The molecule has 4 aliphatic carbocycles. The van der Waals surface area contributed by atoms with Crippen LogP contribution in [0.15, 0.2) is 11.6 Å². The Kier molecular flexibility index (Phi) is 7.35. The van der Waals surface area contributed by atoms with Crippen LogP contribution in [0.4, 0.5) is 0 Å². The molecule has 0 radical (unpaired) electrons. The van der Waals surface area contributed by atoms with Crippen molar-refractivity contribution in [3.05, 3.63) is 11.6 Å². The molecule has 0 aliphatic heterocycles. The third-order valence-electron chi connectivity index (χ3n) is 13.0. The van der Waals surface area contributed by atoms with E-state index in [-0.39, 0.29) is 50.8 Å². The molecule has 216 valence electrons. The molecular weight excluding hydrogens is 486 g/mol. The Balaban J connectivity index is 1.71. The minimum atomic E-state index is -0.623. The molecule has 7 atom stereocenters. The average Bonchev–Trinajstić information content (AvgIpc) is 2.84. The average molecular weight is 538 g/mol. The van der Waals surface area contributed by atoms with E-state index in [9.17, 15) is 19.6 Å². The number of ether oxygens (including phenoxy) is 1. The molecule has 3 fully saturated rings. The van der Waals surface area contributed by atoms with Gasteiger partial charge in [0.15, 0.2) is 5.78 Å². The van der Waals surface area contributed by atoms with Gasteiger partial charge in [0.2, 0.25) is 0 Å². The quantitative estimate of drug-likeness (QED) is 0.337. The summed E-state index contributed by atoms with van der Waals surface area (Å²) in [7, 11) is 1.48. The number of carbonyl (C=O) groups is 3. The molecule has 0 aromatic carbocycles. The molecule has 0 bridgehead atoms. The van der Waals surface area contributed by atoms with Crippen molar-refractivity contribution in [2.24, 2.45) is 50.2 Å². The van der Waals surface area contributed by atoms with Crippen molar-refractivity contribution in [2.45, 2.75) is 120 Å². The summed E-state index contributed by atoms with van der Waals surface area (Å²) in [5.74, 6) is 0.681. The van der Waals surface area contributed by atoms with Crippen LogP contribution in [0.3, 0.4) is 0 Å². The van der Waals surface area contributed by atoms with Gasteiger partial charge in [-0.2, -0.15) is 5.26 Å². The van der Waals surface area contributed by atoms with E-state index in [0.29, 0.717) is 31.0 Å². The van der Waals surface area contributed by atoms with E-state index in [1.807, 2.05) is 19.9 Å². The van der Waals surface area contributed by atoms with Gasteiger partial charge in [-0.05, 0) is 89.8 Å². The first kappa shape index (κ1) is 30.0. The molecule has 39 heavy (non-hydrogen) atoms. The SMILES string of the molecule is COC(=O)C[C@]1(CC[C@]2(C)CC(=O)C[C@@H]3[C@@]4(C)C=C(C#N)C(=O)C(C)(C)[C@@H]4CC[C@]32C)CCC(C)(C)CC1C. The maximum Gasteiger partial charge on any atom is 0.306 e. The highest BCUT2D eigenvalue weighted by Gasteiger charge is 2.66. The molecule has 0 heterocycles. The largest absolute Gasteiger partial charge is 0.469 e. The van der Waals surface area contributed by atoms with Gasteiger partial charge in [-0.15, -0.1) is 0 Å². The molecule has 0 aromatic heterocycles. The van der Waals surface area contributed by atoms with Crippen LogP contribution >= 0.6 is 0 Å². The summed E-state index contributed by atoms with van der Waals surface area (Å²) < 4.78 is 5.19. The van der Waals surface area contributed by atoms with Crippen molar-refractivity contribution in [2.75, 3.05) is 7.11 Å². The summed E-state index contributed by atoms with van der Waals surface area (Å²) in [4.78, 5) is 39.4. The fourth-order valence-electron chi connectivity index (χ4n) is 10.2. The minimum absolute atomic E-state index is 0.0556. The number of ketones is 2. The van der Waals surface area contributed by atoms with Crippen LogP contribution in [0.1, 0.15) is 120 Å². The Bertz CT molecular complexity index is 1130. The number of allylic oxidation sites excluding steroid dienone is 2. The number of hydrogen-bond acceptors (Lipinski definition) is 5. The van der Waals surface area contributed by atoms with Crippen LogP contribution < -0.4 is 0 Å². The van der Waals surface area contributed by atoms with E-state index in [4.69, 9.17) is 4.74 Å². The smallest absolute Gasteiger partial charge is 0.306 e. The van der Waals surface area contributed by atoms with Gasteiger partial charge in [-0.1, -0.05) is 61.5 Å². The highest BCUT2D eigenvalue weighted by atomic mass is 16.5. The Hall–Kier alpha value is -1.96. The highest BCUT2D eigenvalue weighted by Crippen LogP contribution is 2.71. The van der Waals surface area contributed by atoms with Crippen LogP contribution in [0.2, 0.25) is 0 Å². The number of nitrogens with zero attached hydrogens (tertiary/aromatic N) is 1. The zero-order valence-electron chi connectivity index (χ0n) is 26.0. The first-order valence-electron chi connectivity index (χ1n) is 15.2. The number of esters is 1. The molecule has 1 unspecified atom stereocenters. The van der Waals surface area contributed by atoms with E-state index in [2.05, 4.69) is 47.6 Å². The molecule has 4 aliphatic rings. The Morgan fingerprint density at radius 2 is 1.69 bits per heavy atom. The van der Waals surface area contributed by atoms with Gasteiger partial charge in [0.05, 0.1) is 19.1 Å². The summed E-state index contributed by atoms with van der Waals surface area (Å²) >= 11 is 0. The summed E-state index contributed by atoms with van der Waals surface area (Å²) in [6.07, 6.45) is 10.3. The molecule has 0 N–H and O–H groups in total. The Morgan fingerprint density at radius 1 is 1.03 bits per heavy atom. The van der Waals surface area contributed by atoms with Crippen molar-refractivity contribution >= 4 is 17.5 Å². The Morgan fingerprint density at radius 3 is 2.28 bits per heavy atom. The first-order chi connectivity index (χ1) is 17.9. The van der Waals surface area contributed by atoms with E-state index in [1.54, 1.807) is 0 Å². The lowest BCUT2D eigenvalue weighted by atomic mass is 9.37. The van der Waals surface area contributed by atoms with Crippen molar-refractivity contribution in [1.29, 1.82) is 5.26 Å². The van der Waals surface area contributed by atoms with Crippen LogP contribution in [0.5, 0.6) is 0 Å². The van der Waals surface area contributed by atoms with Crippen molar-refractivity contribution < 1.29 is 19.1 Å². The molecule has 0 amide bonds. The lowest BCUT2D eigenvalue weighted by molar-refractivity contribution is -0.176. The second kappa shape index (κ2) is 9.56. The number of rotatable bonds is 5. The molecule has 0 spiro atoms. The maximum absolute atomic E-state index is 13.5. The fourth-order valence-corrected chi connectivity index (χ4v) is 10.2. The molecule has 4 rings (SSSR count). The van der Waals surface area contributed by atoms with E-state index < -0.39 is 10.8 Å². The van der Waals surface area contributed by atoms with Gasteiger partial charge in [0, 0.05) is 18.3 Å². The van der Waals surface area contributed by atoms with Crippen molar-refractivity contribution in [3.63, 3.8) is 0 Å². The molecule has 0 saturated heterocycles. The molecule has 5 nitrogen and oxygen atoms in total. The van der Waals surface area contributed by atoms with Gasteiger partial charge in [0.25, 0.3) is 0 Å². The second-order valence-corrected chi connectivity index (χ2v) is 16.0. The fraction of sp³-hybridized carbons (Fsp3) is 0.824. The third-order valence-corrected chi connectivity index (χ3v) is 13.0. The van der Waals surface area contributed by atoms with Gasteiger partial charge in [0.1, 0.15) is 11.9 Å². The number of carbonyl (C=O) groups excluding carboxylic acids is 3. The van der Waals surface area contributed by atoms with Crippen LogP contribution in [0.25, 0.3) is 0 Å². The number of nitriles is 1. The number of methoxy groups -OCH3 is 1. The summed E-state index contributed by atoms with van der Waals surface area (Å²) in [5.41, 5.74) is -0.929. The zero-order valence-corrected chi connectivity index (χ0v) is 26.0. The van der Waals surface area contributed by atoms with Gasteiger partial charge < -0.3 is 4.74 Å². The molecule has 3 saturated carbocycles. The van der Waals surface area contributed by atoms with Gasteiger partial charge in [-0.3, -0.25) is 14.4 Å². The van der Waals surface area contributed by atoms with Crippen LogP contribution in [-0.4, -0.2) is 24.6 Å². The standard InChI is InChI=1S/C34H51NO4/c1-22-17-29(2,3)12-14-34(22,20-27(37)39-9)15-13-31(6)19-24(36)16-26-32(7)18-23(21-35)28(38)30(4,5)25(32)10-11-33(26,31)8/h18,22,25-26H,10-17,19-20H2,1-9H3/t22?,25-,26+,31+,32-,33+,34+/m0/s1. The highest BCUT2D eigenvalue weighted by molar-refractivity contribution is 6.04. The van der Waals surface area contributed by atoms with Crippen molar-refractivity contribution in [3.8, 4) is 6.07 Å². The summed E-state index contributed by atoms with van der Waals surface area (Å²) in [6.45, 7) is 17.9. The van der Waals surface area contributed by atoms with Crippen molar-refractivity contribution in [1.82, 2.24) is 0 Å². The van der Waals surface area contributed by atoms with Gasteiger partial charge >= 0.3 is 5.97 Å². The third kappa shape index (κ3) is 4.62. The van der Waals surface area contributed by atoms with Gasteiger partial charge in [-0.25, -0.2) is 0 Å². The monoisotopic (exact) mass is 537 g/mol. The van der Waals surface area contributed by atoms with E-state index in [0.717, 1.165) is 44.9 Å². The lowest BCUT2D eigenvalue weighted by Gasteiger charge is -2.66. The van der Waals surface area contributed by atoms with Crippen LogP contribution in [0, 0.1) is 61.6 Å². The second-order valence-electron chi connectivity index (χ2n) is 16.0. The molecule has 5 heteroatoms. The topological polar surface area (TPSA) is 84.2 Å². The number of fused-ring (bicyclic) bond motifs is 3. The molecule has 0 aromatic rings. The minimum Gasteiger partial charge on any atom is -0.469 e. The van der Waals surface area contributed by atoms with Crippen LogP contribution in [-0.2, 0) is 19.1 Å². The summed E-state index contributed by atoms with van der Waals surface area (Å²) in [6, 6.07) is 2.20. The zero-order chi connectivity index (χ0) is 29.2. The first-order valence-corrected chi connectivity index (χ1v) is 15.2. The predicted molar refractivity (Wildman–Crippen MR) is 152 cm³/mol. The lowest BCUT2D eigenvalue weighted by Crippen LogP contribution is -2.62. The Labute approximate surface area is 236 Å². The number of hydrogen-bond donors (Lipinski definition) is 0. The molecular formula is C34H51NO4. The summed E-state index contributed by atoms with van der Waals surface area (Å²) in [5, 5.41) is 9.88. The normalized spacial score (nSPS) is 43.0.